The van der Waals surface area contributed by atoms with Gasteiger partial charge in [0.25, 0.3) is 5.91 Å². The van der Waals surface area contributed by atoms with E-state index in [0.717, 1.165) is 37.0 Å². The molecule has 2 aromatic rings. The van der Waals surface area contributed by atoms with Crippen molar-refractivity contribution < 1.29 is 35.9 Å². The molecule has 2 amide bonds. The Hall–Kier alpha value is -3.01. The summed E-state index contributed by atoms with van der Waals surface area (Å²) in [6, 6.07) is 6.54. The van der Waals surface area contributed by atoms with Gasteiger partial charge in [0.1, 0.15) is 0 Å². The number of carbonyl (C=O) groups is 2. The van der Waals surface area contributed by atoms with Gasteiger partial charge >= 0.3 is 12.4 Å². The summed E-state index contributed by atoms with van der Waals surface area (Å²) in [4.78, 5) is 27.2. The number of rotatable bonds is 7. The molecule has 1 saturated carbocycles. The Morgan fingerprint density at radius 2 is 1.51 bits per heavy atom. The van der Waals surface area contributed by atoms with Gasteiger partial charge in [-0.25, -0.2) is 0 Å². The lowest BCUT2D eigenvalue weighted by Crippen LogP contribution is -2.40. The van der Waals surface area contributed by atoms with Crippen molar-refractivity contribution >= 4 is 23.4 Å². The molecule has 1 atom stereocenters. The highest BCUT2D eigenvalue weighted by atomic mass is 35.5. The Balaban J connectivity index is 1.95. The molecule has 0 spiro atoms. The number of amides is 2. The second kappa shape index (κ2) is 12.4. The number of nitrogens with one attached hydrogen (secondary N) is 1. The van der Waals surface area contributed by atoms with Crippen LogP contribution in [-0.2, 0) is 23.6 Å². The van der Waals surface area contributed by atoms with Crippen molar-refractivity contribution in [3.05, 3.63) is 81.4 Å². The van der Waals surface area contributed by atoms with Gasteiger partial charge in [0.2, 0.25) is 5.91 Å². The molecule has 1 N–H and O–H groups in total. The van der Waals surface area contributed by atoms with Crippen molar-refractivity contribution in [2.75, 3.05) is 7.05 Å². The Labute approximate surface area is 228 Å². The summed E-state index contributed by atoms with van der Waals surface area (Å²) in [6.07, 6.45) is -3.74. The number of carbonyl (C=O) groups excluding carboxylic acids is 2. The smallest absolute Gasteiger partial charge is 0.350 e. The van der Waals surface area contributed by atoms with Gasteiger partial charge in [-0.15, -0.1) is 0 Å². The van der Waals surface area contributed by atoms with Crippen LogP contribution in [0.1, 0.15) is 66.1 Å². The monoisotopic (exact) mass is 574 g/mol. The molecule has 11 heteroatoms. The third kappa shape index (κ3) is 8.49. The second-order valence-electron chi connectivity index (χ2n) is 9.77. The predicted molar refractivity (Wildman–Crippen MR) is 136 cm³/mol. The van der Waals surface area contributed by atoms with Gasteiger partial charge in [-0.3, -0.25) is 9.59 Å². The number of nitrogens with zero attached hydrogens (tertiary/aromatic N) is 1. The molecule has 1 aliphatic rings. The predicted octanol–water partition coefficient (Wildman–Crippen LogP) is 7.46. The van der Waals surface area contributed by atoms with E-state index in [1.54, 1.807) is 31.2 Å². The summed E-state index contributed by atoms with van der Waals surface area (Å²) >= 11 is 5.95. The van der Waals surface area contributed by atoms with Crippen LogP contribution >= 0.6 is 11.6 Å². The van der Waals surface area contributed by atoms with Crippen molar-refractivity contribution in [2.24, 2.45) is 0 Å². The Morgan fingerprint density at radius 1 is 0.974 bits per heavy atom. The average molecular weight is 575 g/mol. The van der Waals surface area contributed by atoms with Crippen LogP contribution < -0.4 is 5.32 Å². The first kappa shape index (κ1) is 30.5. The molecular formula is C28H29ClF6N2O2. The van der Waals surface area contributed by atoms with Crippen molar-refractivity contribution in [3.63, 3.8) is 0 Å². The molecule has 0 radical (unpaired) electrons. The second-order valence-corrected chi connectivity index (χ2v) is 10.2. The van der Waals surface area contributed by atoms with E-state index in [-0.39, 0.29) is 30.0 Å². The van der Waals surface area contributed by atoms with E-state index in [4.69, 9.17) is 11.6 Å². The molecule has 212 valence electrons. The maximum absolute atomic E-state index is 13.4. The standard InChI is InChI=1S/C28H29ClF6N2O2/c1-17(25(38)36-23-6-4-3-5-7-23)12-24(13-18-8-10-22(29)11-9-18)37(2)26(39)19-14-20(27(30,31)32)16-21(15-19)28(33,34)35/h8-12,14-16,23-24H,3-7,13H2,1-2H3,(H,36,38)/b17-12+. The summed E-state index contributed by atoms with van der Waals surface area (Å²) in [7, 11) is 1.28. The van der Waals surface area contributed by atoms with Gasteiger partial charge in [-0.1, -0.05) is 49.1 Å². The highest BCUT2D eigenvalue weighted by Crippen LogP contribution is 2.36. The minimum atomic E-state index is -5.09. The molecule has 1 aliphatic carbocycles. The first-order valence-electron chi connectivity index (χ1n) is 12.5. The van der Waals surface area contributed by atoms with E-state index in [1.165, 1.54) is 13.1 Å². The minimum Gasteiger partial charge on any atom is -0.350 e. The van der Waals surface area contributed by atoms with Crippen LogP contribution in [0.15, 0.2) is 54.1 Å². The molecule has 0 bridgehead atoms. The number of likely N-dealkylation sites (N-methyl/N-ethyl adjacent to an activating group) is 1. The van der Waals surface area contributed by atoms with Crippen molar-refractivity contribution in [3.8, 4) is 0 Å². The fourth-order valence-electron chi connectivity index (χ4n) is 4.51. The van der Waals surface area contributed by atoms with E-state index in [9.17, 15) is 35.9 Å². The van der Waals surface area contributed by atoms with Crippen molar-refractivity contribution in [1.82, 2.24) is 10.2 Å². The molecule has 4 nitrogen and oxygen atoms in total. The largest absolute Gasteiger partial charge is 0.416 e. The third-order valence-electron chi connectivity index (χ3n) is 6.75. The Bertz CT molecular complexity index is 1170. The fraction of sp³-hybridized carbons (Fsp3) is 0.429. The van der Waals surface area contributed by atoms with Crippen molar-refractivity contribution in [2.45, 2.75) is 69.9 Å². The number of hydrogen-bond acceptors (Lipinski definition) is 2. The molecule has 0 aliphatic heterocycles. The van der Waals surface area contributed by atoms with Gasteiger partial charge in [-0.2, -0.15) is 26.3 Å². The number of benzene rings is 2. The van der Waals surface area contributed by atoms with Crippen LogP contribution in [0, 0.1) is 0 Å². The van der Waals surface area contributed by atoms with Crippen LogP contribution in [-0.4, -0.2) is 35.8 Å². The molecule has 3 rings (SSSR count). The van der Waals surface area contributed by atoms with Gasteiger partial charge in [-0.05, 0) is 62.1 Å². The molecular weight excluding hydrogens is 546 g/mol. The summed E-state index contributed by atoms with van der Waals surface area (Å²) in [5.74, 6) is -1.40. The lowest BCUT2D eigenvalue weighted by molar-refractivity contribution is -0.143. The highest BCUT2D eigenvalue weighted by Gasteiger charge is 2.38. The zero-order chi connectivity index (χ0) is 29.0. The maximum Gasteiger partial charge on any atom is 0.416 e. The van der Waals surface area contributed by atoms with Crippen LogP contribution in [0.2, 0.25) is 5.02 Å². The van der Waals surface area contributed by atoms with Crippen molar-refractivity contribution in [1.29, 1.82) is 0 Å². The summed E-state index contributed by atoms with van der Waals surface area (Å²) in [6.45, 7) is 1.55. The topological polar surface area (TPSA) is 49.4 Å². The SMILES string of the molecule is C/C(=C\C(Cc1ccc(Cl)cc1)N(C)C(=O)c1cc(C(F)(F)F)cc(C(F)(F)F)c1)C(=O)NC1CCCCC1. The summed E-state index contributed by atoms with van der Waals surface area (Å²) in [5, 5.41) is 3.43. The van der Waals surface area contributed by atoms with E-state index < -0.39 is 41.0 Å². The summed E-state index contributed by atoms with van der Waals surface area (Å²) in [5.41, 5.74) is -2.96. The number of halogens is 7. The van der Waals surface area contributed by atoms with Crippen LogP contribution in [0.3, 0.4) is 0 Å². The quantitative estimate of drug-likeness (QED) is 0.276. The lowest BCUT2D eigenvalue weighted by Gasteiger charge is -2.28. The fourth-order valence-corrected chi connectivity index (χ4v) is 4.64. The Kier molecular flexibility index (Phi) is 9.74. The number of hydrogen-bond donors (Lipinski definition) is 1. The zero-order valence-electron chi connectivity index (χ0n) is 21.4. The molecule has 0 heterocycles. The van der Waals surface area contributed by atoms with E-state index in [2.05, 4.69) is 5.32 Å². The van der Waals surface area contributed by atoms with Gasteiger partial charge in [0.05, 0.1) is 17.2 Å². The Morgan fingerprint density at radius 3 is 2.03 bits per heavy atom. The van der Waals surface area contributed by atoms with Crippen LogP contribution in [0.25, 0.3) is 0 Å². The van der Waals surface area contributed by atoms with E-state index in [1.807, 2.05) is 0 Å². The molecule has 39 heavy (non-hydrogen) atoms. The van der Waals surface area contributed by atoms with Gasteiger partial charge in [0.15, 0.2) is 0 Å². The van der Waals surface area contributed by atoms with Gasteiger partial charge in [0, 0.05) is 29.2 Å². The van der Waals surface area contributed by atoms with Crippen LogP contribution in [0.4, 0.5) is 26.3 Å². The summed E-state index contributed by atoms with van der Waals surface area (Å²) < 4.78 is 80.3. The molecule has 1 fully saturated rings. The average Bonchev–Trinajstić information content (AvgIpc) is 2.88. The minimum absolute atomic E-state index is 0.0228. The first-order chi connectivity index (χ1) is 18.1. The maximum atomic E-state index is 13.4. The molecule has 1 unspecified atom stereocenters. The molecule has 0 aromatic heterocycles. The van der Waals surface area contributed by atoms with Crippen LogP contribution in [0.5, 0.6) is 0 Å². The van der Waals surface area contributed by atoms with E-state index in [0.29, 0.717) is 22.7 Å². The van der Waals surface area contributed by atoms with Gasteiger partial charge < -0.3 is 10.2 Å². The zero-order valence-corrected chi connectivity index (χ0v) is 22.2. The first-order valence-corrected chi connectivity index (χ1v) is 12.8. The highest BCUT2D eigenvalue weighted by molar-refractivity contribution is 6.30. The molecule has 0 saturated heterocycles. The lowest BCUT2D eigenvalue weighted by atomic mass is 9.95. The molecule has 2 aromatic carbocycles. The van der Waals surface area contributed by atoms with E-state index >= 15 is 0 Å². The normalized spacial score (nSPS) is 16.1. The number of alkyl halides is 6. The third-order valence-corrected chi connectivity index (χ3v) is 7.00.